The lowest BCUT2D eigenvalue weighted by Crippen LogP contribution is -2.17. The fourth-order valence-corrected chi connectivity index (χ4v) is 2.79. The van der Waals surface area contributed by atoms with Gasteiger partial charge in [0.1, 0.15) is 11.6 Å². The summed E-state index contributed by atoms with van der Waals surface area (Å²) >= 11 is 0. The first-order chi connectivity index (χ1) is 12.1. The van der Waals surface area contributed by atoms with E-state index in [1.165, 1.54) is 0 Å². The standard InChI is InChI=1S/C19H20N4O2/c1-4-23-13(2)21-16-11-14(9-10-17(16)23)19(24)22-20-12-15-7-5-6-8-18(15)25-3/h5-12H,4H2,1-3H3,(H,22,24)/b20-12-. The summed E-state index contributed by atoms with van der Waals surface area (Å²) in [5.41, 5.74) is 5.68. The number of hydrazone groups is 1. The van der Waals surface area contributed by atoms with Crippen molar-refractivity contribution in [3.05, 3.63) is 59.4 Å². The number of benzene rings is 2. The molecule has 1 heterocycles. The topological polar surface area (TPSA) is 68.5 Å². The second-order valence-corrected chi connectivity index (χ2v) is 5.55. The van der Waals surface area contributed by atoms with Gasteiger partial charge >= 0.3 is 0 Å². The van der Waals surface area contributed by atoms with Gasteiger partial charge in [-0.05, 0) is 44.2 Å². The lowest BCUT2D eigenvalue weighted by atomic mass is 10.2. The highest BCUT2D eigenvalue weighted by Gasteiger charge is 2.10. The van der Waals surface area contributed by atoms with Crippen molar-refractivity contribution in [2.45, 2.75) is 20.4 Å². The molecule has 2 aromatic carbocycles. The van der Waals surface area contributed by atoms with Gasteiger partial charge in [-0.2, -0.15) is 5.10 Å². The molecule has 0 radical (unpaired) electrons. The number of amides is 1. The second-order valence-electron chi connectivity index (χ2n) is 5.55. The van der Waals surface area contributed by atoms with Crippen molar-refractivity contribution in [3.63, 3.8) is 0 Å². The van der Waals surface area contributed by atoms with Crippen molar-refractivity contribution in [2.24, 2.45) is 5.10 Å². The SMILES string of the molecule is CCn1c(C)nc2cc(C(=O)N/N=C\c3ccccc3OC)ccc21. The van der Waals surface area contributed by atoms with Crippen LogP contribution in [-0.2, 0) is 6.54 Å². The van der Waals surface area contributed by atoms with E-state index in [1.54, 1.807) is 25.5 Å². The molecule has 1 N–H and O–H groups in total. The number of nitrogens with zero attached hydrogens (tertiary/aromatic N) is 3. The van der Waals surface area contributed by atoms with Crippen molar-refractivity contribution >= 4 is 23.2 Å². The van der Waals surface area contributed by atoms with Gasteiger partial charge in [-0.25, -0.2) is 10.4 Å². The van der Waals surface area contributed by atoms with Crippen molar-refractivity contribution < 1.29 is 9.53 Å². The average Bonchev–Trinajstić information content (AvgIpc) is 2.96. The highest BCUT2D eigenvalue weighted by Crippen LogP contribution is 2.18. The van der Waals surface area contributed by atoms with E-state index in [-0.39, 0.29) is 5.91 Å². The van der Waals surface area contributed by atoms with Crippen LogP contribution in [0.3, 0.4) is 0 Å². The Morgan fingerprint density at radius 2 is 2.12 bits per heavy atom. The van der Waals surface area contributed by atoms with Gasteiger partial charge in [-0.1, -0.05) is 12.1 Å². The van der Waals surface area contributed by atoms with Gasteiger partial charge in [0.2, 0.25) is 0 Å². The number of carbonyl (C=O) groups is 1. The number of imidazole rings is 1. The quantitative estimate of drug-likeness (QED) is 0.575. The van der Waals surface area contributed by atoms with E-state index >= 15 is 0 Å². The van der Waals surface area contributed by atoms with E-state index in [0.717, 1.165) is 29.0 Å². The van der Waals surface area contributed by atoms with Crippen LogP contribution < -0.4 is 10.2 Å². The Hall–Kier alpha value is -3.15. The molecule has 0 aliphatic rings. The summed E-state index contributed by atoms with van der Waals surface area (Å²) in [5, 5.41) is 4.02. The third kappa shape index (κ3) is 3.38. The zero-order chi connectivity index (χ0) is 17.8. The van der Waals surface area contributed by atoms with Crippen LogP contribution in [0.15, 0.2) is 47.6 Å². The van der Waals surface area contributed by atoms with E-state index in [4.69, 9.17) is 4.74 Å². The van der Waals surface area contributed by atoms with Crippen LogP contribution in [0.1, 0.15) is 28.7 Å². The number of rotatable bonds is 5. The van der Waals surface area contributed by atoms with Crippen LogP contribution in [0.5, 0.6) is 5.75 Å². The molecule has 25 heavy (non-hydrogen) atoms. The van der Waals surface area contributed by atoms with Gasteiger partial charge in [0.25, 0.3) is 5.91 Å². The predicted octanol–water partition coefficient (Wildman–Crippen LogP) is 3.14. The summed E-state index contributed by atoms with van der Waals surface area (Å²) < 4.78 is 7.35. The molecule has 0 saturated carbocycles. The Balaban J connectivity index is 1.77. The third-order valence-corrected chi connectivity index (χ3v) is 4.03. The van der Waals surface area contributed by atoms with Crippen molar-refractivity contribution in [1.29, 1.82) is 0 Å². The summed E-state index contributed by atoms with van der Waals surface area (Å²) in [5.74, 6) is 1.35. The first kappa shape index (κ1) is 16.7. The molecule has 3 rings (SSSR count). The molecule has 0 aliphatic carbocycles. The normalized spacial score (nSPS) is 11.2. The summed E-state index contributed by atoms with van der Waals surface area (Å²) in [7, 11) is 1.60. The molecule has 6 heteroatoms. The minimum absolute atomic E-state index is 0.281. The number of aryl methyl sites for hydroxylation is 2. The third-order valence-electron chi connectivity index (χ3n) is 4.03. The maximum atomic E-state index is 12.3. The van der Waals surface area contributed by atoms with Gasteiger partial charge in [0, 0.05) is 17.7 Å². The maximum absolute atomic E-state index is 12.3. The first-order valence-electron chi connectivity index (χ1n) is 8.07. The van der Waals surface area contributed by atoms with Crippen LogP contribution in [0, 0.1) is 6.92 Å². The minimum atomic E-state index is -0.281. The highest BCUT2D eigenvalue weighted by atomic mass is 16.5. The van der Waals surface area contributed by atoms with E-state index in [2.05, 4.69) is 27.0 Å². The van der Waals surface area contributed by atoms with Crippen LogP contribution in [0.2, 0.25) is 0 Å². The smallest absolute Gasteiger partial charge is 0.271 e. The van der Waals surface area contributed by atoms with Gasteiger partial charge in [0.15, 0.2) is 0 Å². The number of carbonyl (C=O) groups excluding carboxylic acids is 1. The molecular formula is C19H20N4O2. The summed E-state index contributed by atoms with van der Waals surface area (Å²) in [6.45, 7) is 4.87. The highest BCUT2D eigenvalue weighted by molar-refractivity contribution is 5.98. The van der Waals surface area contributed by atoms with Gasteiger partial charge in [0.05, 0.1) is 24.4 Å². The Morgan fingerprint density at radius 1 is 1.32 bits per heavy atom. The van der Waals surface area contributed by atoms with Gasteiger partial charge < -0.3 is 9.30 Å². The Morgan fingerprint density at radius 3 is 2.88 bits per heavy atom. The number of nitrogens with one attached hydrogen (secondary N) is 1. The summed E-state index contributed by atoms with van der Waals surface area (Å²) in [6, 6.07) is 12.9. The number of methoxy groups -OCH3 is 1. The lowest BCUT2D eigenvalue weighted by molar-refractivity contribution is 0.0955. The maximum Gasteiger partial charge on any atom is 0.271 e. The molecule has 0 atom stereocenters. The Bertz CT molecular complexity index is 944. The molecule has 0 unspecified atom stereocenters. The molecule has 3 aromatic rings. The number of hydrogen-bond acceptors (Lipinski definition) is 4. The molecule has 1 aromatic heterocycles. The van der Waals surface area contributed by atoms with Crippen LogP contribution in [0.4, 0.5) is 0 Å². The van der Waals surface area contributed by atoms with Crippen molar-refractivity contribution in [2.75, 3.05) is 7.11 Å². The molecule has 0 saturated heterocycles. The lowest BCUT2D eigenvalue weighted by Gasteiger charge is -2.04. The first-order valence-corrected chi connectivity index (χ1v) is 8.07. The molecule has 0 fully saturated rings. The number of ether oxygens (including phenoxy) is 1. The monoisotopic (exact) mass is 336 g/mol. The van der Waals surface area contributed by atoms with E-state index in [9.17, 15) is 4.79 Å². The molecule has 0 aliphatic heterocycles. The molecule has 0 bridgehead atoms. The number of fused-ring (bicyclic) bond motifs is 1. The van der Waals surface area contributed by atoms with E-state index in [0.29, 0.717) is 11.3 Å². The Labute approximate surface area is 146 Å². The summed E-state index contributed by atoms with van der Waals surface area (Å²) in [6.07, 6.45) is 1.56. The van der Waals surface area contributed by atoms with Crippen molar-refractivity contribution in [1.82, 2.24) is 15.0 Å². The number of hydrogen-bond donors (Lipinski definition) is 1. The molecule has 0 spiro atoms. The zero-order valence-corrected chi connectivity index (χ0v) is 14.5. The number of aromatic nitrogens is 2. The molecule has 128 valence electrons. The fourth-order valence-electron chi connectivity index (χ4n) is 2.79. The zero-order valence-electron chi connectivity index (χ0n) is 14.5. The van der Waals surface area contributed by atoms with Gasteiger partial charge in [-0.3, -0.25) is 4.79 Å². The fraction of sp³-hybridized carbons (Fsp3) is 0.211. The van der Waals surface area contributed by atoms with Crippen LogP contribution in [-0.4, -0.2) is 28.8 Å². The molecule has 6 nitrogen and oxygen atoms in total. The van der Waals surface area contributed by atoms with Crippen LogP contribution in [0.25, 0.3) is 11.0 Å². The van der Waals surface area contributed by atoms with E-state index < -0.39 is 0 Å². The van der Waals surface area contributed by atoms with Gasteiger partial charge in [-0.15, -0.1) is 0 Å². The number of para-hydroxylation sites is 1. The molecular weight excluding hydrogens is 316 g/mol. The largest absolute Gasteiger partial charge is 0.496 e. The molecule has 1 amide bonds. The second kappa shape index (κ2) is 7.17. The van der Waals surface area contributed by atoms with Crippen LogP contribution >= 0.6 is 0 Å². The van der Waals surface area contributed by atoms with E-state index in [1.807, 2.05) is 37.3 Å². The predicted molar refractivity (Wildman–Crippen MR) is 98.2 cm³/mol. The van der Waals surface area contributed by atoms with Crippen molar-refractivity contribution in [3.8, 4) is 5.75 Å². The average molecular weight is 336 g/mol. The summed E-state index contributed by atoms with van der Waals surface area (Å²) in [4.78, 5) is 16.8. The minimum Gasteiger partial charge on any atom is -0.496 e. The Kier molecular flexibility index (Phi) is 4.79.